The molecule has 1 aliphatic heterocycles. The number of nitrogens with two attached hydrogens (primary N) is 1. The summed E-state index contributed by atoms with van der Waals surface area (Å²) in [6, 6.07) is 2.28. The van der Waals surface area contributed by atoms with Gasteiger partial charge in [-0.15, -0.1) is 4.40 Å². The highest BCUT2D eigenvalue weighted by atomic mass is 32.2. The number of alkyl halides is 3. The van der Waals surface area contributed by atoms with Gasteiger partial charge in [0.15, 0.2) is 0 Å². The standard InChI is InChI=1S/C8H6F3N3O2S/c9-8(10,11)4-1-2-5-6(3-4)17(15,16)14-7(12)13-5/h1-3H,(H3,12,13,14). The van der Waals surface area contributed by atoms with Gasteiger partial charge in [0.2, 0.25) is 5.96 Å². The van der Waals surface area contributed by atoms with Crippen molar-refractivity contribution in [3.8, 4) is 0 Å². The Hall–Kier alpha value is -1.77. The summed E-state index contributed by atoms with van der Waals surface area (Å²) in [5.41, 5.74) is 4.11. The first-order valence-corrected chi connectivity index (χ1v) is 5.73. The zero-order valence-electron chi connectivity index (χ0n) is 8.12. The maximum absolute atomic E-state index is 12.4. The Balaban J connectivity index is 2.65. The van der Waals surface area contributed by atoms with Crippen LogP contribution < -0.4 is 11.1 Å². The number of hydrogen-bond donors (Lipinski definition) is 2. The number of nitrogens with zero attached hydrogens (tertiary/aromatic N) is 1. The van der Waals surface area contributed by atoms with Gasteiger partial charge < -0.3 is 11.1 Å². The monoisotopic (exact) mass is 265 g/mol. The first kappa shape index (κ1) is 11.7. The molecule has 1 heterocycles. The highest BCUT2D eigenvalue weighted by Crippen LogP contribution is 2.35. The second-order valence-electron chi connectivity index (χ2n) is 3.29. The van der Waals surface area contributed by atoms with Crippen LogP contribution in [0.1, 0.15) is 5.56 Å². The zero-order valence-corrected chi connectivity index (χ0v) is 8.93. The normalized spacial score (nSPS) is 17.9. The molecule has 0 amide bonds. The van der Waals surface area contributed by atoms with Crippen LogP contribution in [0.25, 0.3) is 0 Å². The third-order valence-corrected chi connectivity index (χ3v) is 3.40. The third kappa shape index (κ3) is 2.05. The van der Waals surface area contributed by atoms with Crippen LogP contribution in [0.5, 0.6) is 0 Å². The highest BCUT2D eigenvalue weighted by molar-refractivity contribution is 7.90. The predicted molar refractivity (Wildman–Crippen MR) is 53.9 cm³/mol. The molecule has 0 radical (unpaired) electrons. The summed E-state index contributed by atoms with van der Waals surface area (Å²) in [7, 11) is -4.17. The average molecular weight is 265 g/mol. The van der Waals surface area contributed by atoms with E-state index in [9.17, 15) is 21.6 Å². The van der Waals surface area contributed by atoms with Gasteiger partial charge in [0, 0.05) is 0 Å². The van der Waals surface area contributed by atoms with Gasteiger partial charge in [-0.2, -0.15) is 21.6 Å². The fourth-order valence-corrected chi connectivity index (χ4v) is 2.43. The van der Waals surface area contributed by atoms with E-state index in [-0.39, 0.29) is 11.6 Å². The summed E-state index contributed by atoms with van der Waals surface area (Å²) < 4.78 is 63.3. The van der Waals surface area contributed by atoms with E-state index >= 15 is 0 Å². The molecule has 92 valence electrons. The van der Waals surface area contributed by atoms with Crippen LogP contribution in [0.3, 0.4) is 0 Å². The Bertz CT molecular complexity index is 607. The van der Waals surface area contributed by atoms with Gasteiger partial charge in [0.25, 0.3) is 10.0 Å². The van der Waals surface area contributed by atoms with Gasteiger partial charge in [0.05, 0.1) is 11.3 Å². The Labute approximate surface area is 94.2 Å². The summed E-state index contributed by atoms with van der Waals surface area (Å²) in [6.07, 6.45) is -4.61. The molecular formula is C8H6F3N3O2S. The number of halogens is 3. The van der Waals surface area contributed by atoms with E-state index in [0.717, 1.165) is 12.1 Å². The van der Waals surface area contributed by atoms with Gasteiger partial charge in [-0.25, -0.2) is 0 Å². The summed E-state index contributed by atoms with van der Waals surface area (Å²) in [4.78, 5) is -0.540. The molecule has 0 bridgehead atoms. The van der Waals surface area contributed by atoms with E-state index < -0.39 is 26.7 Å². The lowest BCUT2D eigenvalue weighted by atomic mass is 10.2. The van der Waals surface area contributed by atoms with Crippen LogP contribution in [0.2, 0.25) is 0 Å². The number of rotatable bonds is 0. The topological polar surface area (TPSA) is 84.5 Å². The fraction of sp³-hybridized carbons (Fsp3) is 0.125. The molecule has 3 N–H and O–H groups in total. The molecule has 17 heavy (non-hydrogen) atoms. The summed E-state index contributed by atoms with van der Waals surface area (Å²) in [5, 5.41) is 2.38. The molecule has 1 aliphatic rings. The van der Waals surface area contributed by atoms with Crippen molar-refractivity contribution in [1.29, 1.82) is 0 Å². The van der Waals surface area contributed by atoms with Gasteiger partial charge in [0.1, 0.15) is 4.90 Å². The molecule has 0 aromatic heterocycles. The van der Waals surface area contributed by atoms with E-state index in [0.29, 0.717) is 6.07 Å². The van der Waals surface area contributed by atoms with Crippen LogP contribution in [-0.2, 0) is 16.2 Å². The van der Waals surface area contributed by atoms with Crippen molar-refractivity contribution >= 4 is 21.7 Å². The number of hydrogen-bond acceptors (Lipinski definition) is 4. The second kappa shape index (κ2) is 3.36. The van der Waals surface area contributed by atoms with E-state index in [1.165, 1.54) is 0 Å². The molecule has 0 atom stereocenters. The van der Waals surface area contributed by atoms with Gasteiger partial charge in [-0.3, -0.25) is 0 Å². The van der Waals surface area contributed by atoms with Crippen LogP contribution in [0, 0.1) is 0 Å². The zero-order chi connectivity index (χ0) is 12.8. The number of anilines is 1. The van der Waals surface area contributed by atoms with E-state index in [1.54, 1.807) is 0 Å². The van der Waals surface area contributed by atoms with Gasteiger partial charge in [-0.05, 0) is 18.2 Å². The van der Waals surface area contributed by atoms with Crippen molar-refractivity contribution in [2.45, 2.75) is 11.1 Å². The van der Waals surface area contributed by atoms with Crippen molar-refractivity contribution in [2.24, 2.45) is 10.1 Å². The number of benzene rings is 1. The molecule has 2 rings (SSSR count). The second-order valence-corrected chi connectivity index (χ2v) is 4.86. The van der Waals surface area contributed by atoms with Crippen molar-refractivity contribution in [2.75, 3.05) is 5.32 Å². The van der Waals surface area contributed by atoms with Gasteiger partial charge in [-0.1, -0.05) is 0 Å². The van der Waals surface area contributed by atoms with Crippen LogP contribution in [0.4, 0.5) is 18.9 Å². The smallest absolute Gasteiger partial charge is 0.369 e. The van der Waals surface area contributed by atoms with Crippen LogP contribution in [0.15, 0.2) is 27.5 Å². The Kier molecular flexibility index (Phi) is 2.31. The SMILES string of the molecule is NC1=NS(=O)(=O)c2cc(C(F)(F)F)ccc2N1. The molecule has 0 aliphatic carbocycles. The van der Waals surface area contributed by atoms with Crippen LogP contribution in [-0.4, -0.2) is 14.4 Å². The molecular weight excluding hydrogens is 259 g/mol. The number of fused-ring (bicyclic) bond motifs is 1. The first-order chi connectivity index (χ1) is 7.70. The Morgan fingerprint density at radius 1 is 1.29 bits per heavy atom. The third-order valence-electron chi connectivity index (χ3n) is 2.07. The maximum Gasteiger partial charge on any atom is 0.416 e. The van der Waals surface area contributed by atoms with Crippen molar-refractivity contribution in [3.05, 3.63) is 23.8 Å². The van der Waals surface area contributed by atoms with Crippen molar-refractivity contribution in [1.82, 2.24) is 0 Å². The molecule has 0 spiro atoms. The summed E-state index contributed by atoms with van der Waals surface area (Å²) >= 11 is 0. The molecule has 1 aromatic carbocycles. The average Bonchev–Trinajstić information content (AvgIpc) is 2.13. The molecule has 0 saturated carbocycles. The van der Waals surface area contributed by atoms with Gasteiger partial charge >= 0.3 is 6.18 Å². The minimum atomic E-state index is -4.61. The van der Waals surface area contributed by atoms with Crippen LogP contribution >= 0.6 is 0 Å². The summed E-state index contributed by atoms with van der Waals surface area (Å²) in [5.74, 6) is -0.378. The molecule has 9 heteroatoms. The highest BCUT2D eigenvalue weighted by Gasteiger charge is 2.34. The van der Waals surface area contributed by atoms with Crippen molar-refractivity contribution in [3.63, 3.8) is 0 Å². The van der Waals surface area contributed by atoms with E-state index in [2.05, 4.69) is 9.71 Å². The maximum atomic E-state index is 12.4. The lowest BCUT2D eigenvalue weighted by molar-refractivity contribution is -0.137. The molecule has 5 nitrogen and oxygen atoms in total. The first-order valence-electron chi connectivity index (χ1n) is 4.29. The predicted octanol–water partition coefficient (Wildman–Crippen LogP) is 1.13. The molecule has 0 unspecified atom stereocenters. The number of sulfonamides is 1. The number of nitrogens with one attached hydrogen (secondary N) is 1. The lowest BCUT2D eigenvalue weighted by Gasteiger charge is -2.17. The minimum Gasteiger partial charge on any atom is -0.369 e. The fourth-order valence-electron chi connectivity index (χ4n) is 1.35. The Morgan fingerprint density at radius 3 is 2.53 bits per heavy atom. The quantitative estimate of drug-likeness (QED) is 0.736. The van der Waals surface area contributed by atoms with E-state index in [1.807, 2.05) is 0 Å². The van der Waals surface area contributed by atoms with Crippen molar-refractivity contribution < 1.29 is 21.6 Å². The minimum absolute atomic E-state index is 0.0227. The molecule has 1 aromatic rings. The Morgan fingerprint density at radius 2 is 1.94 bits per heavy atom. The lowest BCUT2D eigenvalue weighted by Crippen LogP contribution is -2.28. The molecule has 0 saturated heterocycles. The van der Waals surface area contributed by atoms with E-state index in [4.69, 9.17) is 5.73 Å². The number of guanidine groups is 1. The molecule has 0 fully saturated rings. The summed E-state index contributed by atoms with van der Waals surface area (Å²) in [6.45, 7) is 0. The largest absolute Gasteiger partial charge is 0.416 e.